The van der Waals surface area contributed by atoms with Gasteiger partial charge in [0.05, 0.1) is 13.5 Å². The van der Waals surface area contributed by atoms with Gasteiger partial charge in [0.1, 0.15) is 0 Å². The number of carbonyl (C=O) groups is 1. The summed E-state index contributed by atoms with van der Waals surface area (Å²) in [4.78, 5) is 11.2. The lowest BCUT2D eigenvalue weighted by Gasteiger charge is -2.05. The molecule has 0 bridgehead atoms. The minimum Gasteiger partial charge on any atom is -0.469 e. The summed E-state index contributed by atoms with van der Waals surface area (Å²) >= 11 is 2.29. The van der Waals surface area contributed by atoms with Crippen molar-refractivity contribution < 1.29 is 9.53 Å². The first-order valence-electron chi connectivity index (χ1n) is 4.94. The number of ether oxygens (including phenoxy) is 1. The van der Waals surface area contributed by atoms with Gasteiger partial charge in [-0.1, -0.05) is 30.3 Å². The Labute approximate surface area is 108 Å². The molecule has 0 aromatic heterocycles. The number of carbonyl (C=O) groups excluding carboxylic acids is 1. The highest BCUT2D eigenvalue weighted by molar-refractivity contribution is 14.1. The van der Waals surface area contributed by atoms with E-state index in [-0.39, 0.29) is 5.97 Å². The van der Waals surface area contributed by atoms with E-state index in [1.807, 2.05) is 24.3 Å². The van der Waals surface area contributed by atoms with Gasteiger partial charge in [0, 0.05) is 3.57 Å². The van der Waals surface area contributed by atoms with E-state index in [1.54, 1.807) is 0 Å². The van der Waals surface area contributed by atoms with E-state index in [4.69, 9.17) is 0 Å². The van der Waals surface area contributed by atoms with Gasteiger partial charge in [0.2, 0.25) is 0 Å². The summed E-state index contributed by atoms with van der Waals surface area (Å²) in [5, 5.41) is 2.38. The molecule has 0 fully saturated rings. The fourth-order valence-electron chi connectivity index (χ4n) is 1.66. The number of esters is 1. The van der Waals surface area contributed by atoms with Crippen LogP contribution in [0.1, 0.15) is 5.56 Å². The summed E-state index contributed by atoms with van der Waals surface area (Å²) in [7, 11) is 1.41. The van der Waals surface area contributed by atoms with Gasteiger partial charge in [-0.25, -0.2) is 0 Å². The van der Waals surface area contributed by atoms with Gasteiger partial charge in [0.25, 0.3) is 0 Å². The average molecular weight is 326 g/mol. The number of rotatable bonds is 2. The molecule has 0 aliphatic heterocycles. The first kappa shape index (κ1) is 11.4. The molecular weight excluding hydrogens is 315 g/mol. The van der Waals surface area contributed by atoms with E-state index < -0.39 is 0 Å². The molecule has 0 saturated carbocycles. The summed E-state index contributed by atoms with van der Waals surface area (Å²) in [6, 6.07) is 12.2. The second-order valence-corrected chi connectivity index (χ2v) is 4.71. The molecule has 3 heteroatoms. The lowest BCUT2D eigenvalue weighted by molar-refractivity contribution is -0.139. The third kappa shape index (κ3) is 2.35. The van der Waals surface area contributed by atoms with Crippen molar-refractivity contribution >= 4 is 39.3 Å². The lowest BCUT2D eigenvalue weighted by Crippen LogP contribution is -2.04. The molecule has 2 rings (SSSR count). The topological polar surface area (TPSA) is 26.3 Å². The standard InChI is InChI=1S/C13H11IO2/c1-16-13(15)8-9-6-10-4-2-3-5-11(10)12(14)7-9/h2-7H,8H2,1H3. The van der Waals surface area contributed by atoms with Crippen LogP contribution < -0.4 is 0 Å². The fourth-order valence-corrected chi connectivity index (χ4v) is 2.55. The van der Waals surface area contributed by atoms with Crippen LogP contribution in [0.3, 0.4) is 0 Å². The number of halogens is 1. The van der Waals surface area contributed by atoms with E-state index in [2.05, 4.69) is 39.5 Å². The third-order valence-electron chi connectivity index (χ3n) is 2.45. The number of hydrogen-bond donors (Lipinski definition) is 0. The van der Waals surface area contributed by atoms with Crippen LogP contribution in [-0.2, 0) is 16.0 Å². The SMILES string of the molecule is COC(=O)Cc1cc(I)c2ccccc2c1. The molecule has 2 aromatic carbocycles. The van der Waals surface area contributed by atoms with Crippen LogP contribution in [0.4, 0.5) is 0 Å². The van der Waals surface area contributed by atoms with Gasteiger partial charge >= 0.3 is 5.97 Å². The molecule has 16 heavy (non-hydrogen) atoms. The Morgan fingerprint density at radius 3 is 2.81 bits per heavy atom. The van der Waals surface area contributed by atoms with Crippen LogP contribution in [0.2, 0.25) is 0 Å². The normalized spacial score (nSPS) is 10.4. The molecule has 0 unspecified atom stereocenters. The van der Waals surface area contributed by atoms with Gasteiger partial charge < -0.3 is 4.74 Å². The average Bonchev–Trinajstić information content (AvgIpc) is 2.29. The maximum Gasteiger partial charge on any atom is 0.309 e. The Morgan fingerprint density at radius 2 is 2.06 bits per heavy atom. The molecular formula is C13H11IO2. The molecule has 0 aliphatic carbocycles. The smallest absolute Gasteiger partial charge is 0.309 e. The molecule has 2 aromatic rings. The molecule has 2 nitrogen and oxygen atoms in total. The van der Waals surface area contributed by atoms with Gasteiger partial charge in [-0.05, 0) is 45.0 Å². The Balaban J connectivity index is 2.45. The number of benzene rings is 2. The van der Waals surface area contributed by atoms with Crippen molar-refractivity contribution in [1.29, 1.82) is 0 Å². The zero-order chi connectivity index (χ0) is 11.5. The van der Waals surface area contributed by atoms with E-state index >= 15 is 0 Å². The first-order chi connectivity index (χ1) is 7.70. The first-order valence-corrected chi connectivity index (χ1v) is 6.02. The van der Waals surface area contributed by atoms with Crippen molar-refractivity contribution in [2.75, 3.05) is 7.11 Å². The fraction of sp³-hybridized carbons (Fsp3) is 0.154. The van der Waals surface area contributed by atoms with E-state index in [1.165, 1.54) is 12.5 Å². The van der Waals surface area contributed by atoms with Gasteiger partial charge in [-0.15, -0.1) is 0 Å². The summed E-state index contributed by atoms with van der Waals surface area (Å²) in [5.74, 6) is -0.203. The maximum absolute atomic E-state index is 11.2. The van der Waals surface area contributed by atoms with Crippen molar-refractivity contribution in [2.45, 2.75) is 6.42 Å². The summed E-state index contributed by atoms with van der Waals surface area (Å²) in [6.45, 7) is 0. The molecule has 82 valence electrons. The van der Waals surface area contributed by atoms with E-state index in [0.717, 1.165) is 14.5 Å². The molecule has 0 aliphatic rings. The molecule has 0 heterocycles. The van der Waals surface area contributed by atoms with Gasteiger partial charge in [-0.3, -0.25) is 4.79 Å². The number of methoxy groups -OCH3 is 1. The van der Waals surface area contributed by atoms with E-state index in [9.17, 15) is 4.79 Å². The lowest BCUT2D eigenvalue weighted by atomic mass is 10.1. The second kappa shape index (κ2) is 4.82. The molecule has 0 spiro atoms. The van der Waals surface area contributed by atoms with Crippen molar-refractivity contribution in [1.82, 2.24) is 0 Å². The predicted molar refractivity (Wildman–Crippen MR) is 72.4 cm³/mol. The highest BCUT2D eigenvalue weighted by Gasteiger charge is 2.06. The highest BCUT2D eigenvalue weighted by atomic mass is 127. The quantitative estimate of drug-likeness (QED) is 0.626. The molecule has 0 radical (unpaired) electrons. The molecule has 0 saturated heterocycles. The summed E-state index contributed by atoms with van der Waals surface area (Å²) in [6.07, 6.45) is 0.331. The van der Waals surface area contributed by atoms with Gasteiger partial charge in [-0.2, -0.15) is 0 Å². The Hall–Kier alpha value is -1.10. The number of fused-ring (bicyclic) bond motifs is 1. The Kier molecular flexibility index (Phi) is 3.43. The Morgan fingerprint density at radius 1 is 1.31 bits per heavy atom. The van der Waals surface area contributed by atoms with Crippen LogP contribution in [0.5, 0.6) is 0 Å². The number of hydrogen-bond acceptors (Lipinski definition) is 2. The van der Waals surface area contributed by atoms with Crippen LogP contribution in [-0.4, -0.2) is 13.1 Å². The van der Waals surface area contributed by atoms with Crippen molar-refractivity contribution in [3.05, 3.63) is 45.5 Å². The van der Waals surface area contributed by atoms with Crippen molar-refractivity contribution in [2.24, 2.45) is 0 Å². The van der Waals surface area contributed by atoms with Crippen LogP contribution in [0, 0.1) is 3.57 Å². The Bertz CT molecular complexity index is 534. The summed E-state index contributed by atoms with van der Waals surface area (Å²) < 4.78 is 5.83. The zero-order valence-corrected chi connectivity index (χ0v) is 11.0. The maximum atomic E-state index is 11.2. The highest BCUT2D eigenvalue weighted by Crippen LogP contribution is 2.22. The van der Waals surface area contributed by atoms with Crippen LogP contribution in [0.25, 0.3) is 10.8 Å². The van der Waals surface area contributed by atoms with Gasteiger partial charge in [0.15, 0.2) is 0 Å². The third-order valence-corrected chi connectivity index (χ3v) is 3.34. The minimum absolute atomic E-state index is 0.203. The molecule has 0 N–H and O–H groups in total. The molecule has 0 amide bonds. The monoisotopic (exact) mass is 326 g/mol. The zero-order valence-electron chi connectivity index (χ0n) is 8.87. The predicted octanol–water partition coefficient (Wildman–Crippen LogP) is 3.16. The van der Waals surface area contributed by atoms with Crippen molar-refractivity contribution in [3.63, 3.8) is 0 Å². The van der Waals surface area contributed by atoms with E-state index in [0.29, 0.717) is 6.42 Å². The molecule has 0 atom stereocenters. The van der Waals surface area contributed by atoms with Crippen LogP contribution >= 0.6 is 22.6 Å². The summed E-state index contributed by atoms with van der Waals surface area (Å²) in [5.41, 5.74) is 0.995. The second-order valence-electron chi connectivity index (χ2n) is 3.55. The van der Waals surface area contributed by atoms with Crippen molar-refractivity contribution in [3.8, 4) is 0 Å². The largest absolute Gasteiger partial charge is 0.469 e. The van der Waals surface area contributed by atoms with Crippen LogP contribution in [0.15, 0.2) is 36.4 Å². The minimum atomic E-state index is -0.203.